The molecule has 0 aliphatic heterocycles. The van der Waals surface area contributed by atoms with Gasteiger partial charge in [0.05, 0.1) is 17.3 Å². The van der Waals surface area contributed by atoms with Crippen molar-refractivity contribution in [2.75, 3.05) is 20.1 Å². The van der Waals surface area contributed by atoms with Gasteiger partial charge in [0.15, 0.2) is 0 Å². The van der Waals surface area contributed by atoms with E-state index >= 15 is 0 Å². The number of hydrogen-bond donors (Lipinski definition) is 2. The second-order valence-electron chi connectivity index (χ2n) is 5.83. The number of carbonyl (C=O) groups is 2. The van der Waals surface area contributed by atoms with E-state index < -0.39 is 11.9 Å². The summed E-state index contributed by atoms with van der Waals surface area (Å²) in [5, 5.41) is 16.0. The molecule has 1 heterocycles. The highest BCUT2D eigenvalue weighted by Crippen LogP contribution is 2.09. The van der Waals surface area contributed by atoms with Gasteiger partial charge in [-0.15, -0.1) is 0 Å². The Bertz CT molecular complexity index is 730. The average molecular weight is 348 g/mol. The van der Waals surface area contributed by atoms with E-state index in [-0.39, 0.29) is 18.4 Å². The topological polar surface area (TPSA) is 87.5 Å². The van der Waals surface area contributed by atoms with Crippen molar-refractivity contribution in [1.29, 1.82) is 0 Å². The molecule has 134 valence electrons. The lowest BCUT2D eigenvalue weighted by Crippen LogP contribution is -2.41. The summed E-state index contributed by atoms with van der Waals surface area (Å²) in [6.07, 6.45) is 2.30. The Labute approximate surface area is 145 Å². The van der Waals surface area contributed by atoms with Crippen molar-refractivity contribution in [2.24, 2.45) is 5.92 Å². The number of aromatic nitrogens is 2. The molecule has 0 radical (unpaired) electrons. The molecule has 1 unspecified atom stereocenters. The van der Waals surface area contributed by atoms with E-state index in [9.17, 15) is 14.0 Å². The van der Waals surface area contributed by atoms with Gasteiger partial charge in [-0.1, -0.05) is 6.92 Å². The maximum Gasteiger partial charge on any atom is 0.317 e. The molecule has 1 aromatic carbocycles. The van der Waals surface area contributed by atoms with Crippen molar-refractivity contribution >= 4 is 12.0 Å². The largest absolute Gasteiger partial charge is 0.481 e. The minimum atomic E-state index is -0.939. The number of carboxylic acid groups (broad SMARTS) is 1. The van der Waals surface area contributed by atoms with E-state index in [1.807, 2.05) is 6.07 Å². The van der Waals surface area contributed by atoms with Gasteiger partial charge in [-0.25, -0.2) is 13.9 Å². The molecule has 1 aromatic heterocycles. The zero-order chi connectivity index (χ0) is 18.4. The van der Waals surface area contributed by atoms with Gasteiger partial charge < -0.3 is 15.3 Å². The van der Waals surface area contributed by atoms with Crippen molar-refractivity contribution in [2.45, 2.75) is 13.3 Å². The van der Waals surface area contributed by atoms with Crippen molar-refractivity contribution in [3.05, 3.63) is 48.0 Å². The Morgan fingerprint density at radius 2 is 2.00 bits per heavy atom. The van der Waals surface area contributed by atoms with Gasteiger partial charge in [0.2, 0.25) is 0 Å². The average Bonchev–Trinajstić information content (AvgIpc) is 3.04. The Morgan fingerprint density at radius 1 is 1.32 bits per heavy atom. The van der Waals surface area contributed by atoms with Gasteiger partial charge in [-0.3, -0.25) is 4.79 Å². The van der Waals surface area contributed by atoms with Crippen LogP contribution in [-0.2, 0) is 11.2 Å². The van der Waals surface area contributed by atoms with E-state index in [0.717, 1.165) is 11.4 Å². The van der Waals surface area contributed by atoms with Crippen LogP contribution in [0.5, 0.6) is 0 Å². The van der Waals surface area contributed by atoms with Crippen molar-refractivity contribution in [3.8, 4) is 5.69 Å². The number of halogens is 1. The lowest BCUT2D eigenvalue weighted by Gasteiger charge is -2.19. The van der Waals surface area contributed by atoms with Crippen LogP contribution in [0, 0.1) is 11.7 Å². The number of nitrogens with zero attached hydrogens (tertiary/aromatic N) is 3. The summed E-state index contributed by atoms with van der Waals surface area (Å²) < 4.78 is 14.6. The van der Waals surface area contributed by atoms with Crippen LogP contribution in [0.2, 0.25) is 0 Å². The number of amides is 2. The molecule has 7 nitrogen and oxygen atoms in total. The molecule has 1 atom stereocenters. The summed E-state index contributed by atoms with van der Waals surface area (Å²) in [4.78, 5) is 24.1. The number of rotatable bonds is 7. The fourth-order valence-electron chi connectivity index (χ4n) is 2.24. The molecular formula is C17H21FN4O3. The third-order valence-electron chi connectivity index (χ3n) is 3.71. The number of nitrogens with one attached hydrogen (secondary N) is 1. The third kappa shape index (κ3) is 5.30. The summed E-state index contributed by atoms with van der Waals surface area (Å²) in [7, 11) is 1.55. The summed E-state index contributed by atoms with van der Waals surface area (Å²) in [5.41, 5.74) is 1.53. The fraction of sp³-hybridized carbons (Fsp3) is 0.353. The van der Waals surface area contributed by atoms with E-state index in [0.29, 0.717) is 13.0 Å². The highest BCUT2D eigenvalue weighted by molar-refractivity contribution is 5.75. The molecule has 2 aromatic rings. The number of benzene rings is 1. The molecule has 2 N–H and O–H groups in total. The van der Waals surface area contributed by atoms with Crippen LogP contribution in [0.1, 0.15) is 12.6 Å². The predicted octanol–water partition coefficient (Wildman–Crippen LogP) is 1.92. The Kier molecular flexibility index (Phi) is 6.10. The molecular weight excluding hydrogens is 327 g/mol. The first-order valence-corrected chi connectivity index (χ1v) is 7.89. The Morgan fingerprint density at radius 3 is 2.64 bits per heavy atom. The molecule has 0 saturated heterocycles. The van der Waals surface area contributed by atoms with Gasteiger partial charge in [0, 0.05) is 32.8 Å². The summed E-state index contributed by atoms with van der Waals surface area (Å²) >= 11 is 0. The normalized spacial score (nSPS) is 11.8. The quantitative estimate of drug-likeness (QED) is 0.800. The highest BCUT2D eigenvalue weighted by Gasteiger charge is 2.17. The van der Waals surface area contributed by atoms with Crippen LogP contribution in [0.25, 0.3) is 5.69 Å². The van der Waals surface area contributed by atoms with Gasteiger partial charge >= 0.3 is 12.0 Å². The first-order chi connectivity index (χ1) is 11.9. The molecule has 0 bridgehead atoms. The van der Waals surface area contributed by atoms with E-state index in [2.05, 4.69) is 10.4 Å². The summed E-state index contributed by atoms with van der Waals surface area (Å²) in [6, 6.07) is 7.49. The van der Waals surface area contributed by atoms with Crippen LogP contribution >= 0.6 is 0 Å². The monoisotopic (exact) mass is 348 g/mol. The zero-order valence-corrected chi connectivity index (χ0v) is 14.1. The smallest absolute Gasteiger partial charge is 0.317 e. The first-order valence-electron chi connectivity index (χ1n) is 7.89. The van der Waals surface area contributed by atoms with E-state index in [1.165, 1.54) is 17.0 Å². The van der Waals surface area contributed by atoms with E-state index in [4.69, 9.17) is 5.11 Å². The summed E-state index contributed by atoms with van der Waals surface area (Å²) in [5.74, 6) is -1.87. The number of urea groups is 1. The Hall–Kier alpha value is -2.90. The summed E-state index contributed by atoms with van der Waals surface area (Å²) in [6.45, 7) is 2.07. The van der Waals surface area contributed by atoms with Crippen LogP contribution < -0.4 is 5.32 Å². The van der Waals surface area contributed by atoms with Gasteiger partial charge in [0.1, 0.15) is 5.82 Å². The Balaban J connectivity index is 1.81. The zero-order valence-electron chi connectivity index (χ0n) is 14.1. The molecule has 0 aliphatic carbocycles. The molecule has 0 fully saturated rings. The maximum absolute atomic E-state index is 12.9. The van der Waals surface area contributed by atoms with Crippen LogP contribution in [-0.4, -0.2) is 51.9 Å². The lowest BCUT2D eigenvalue weighted by atomic mass is 10.2. The minimum Gasteiger partial charge on any atom is -0.481 e. The number of hydrogen-bond acceptors (Lipinski definition) is 3. The molecule has 25 heavy (non-hydrogen) atoms. The lowest BCUT2D eigenvalue weighted by molar-refractivity contribution is -0.141. The van der Waals surface area contributed by atoms with Crippen molar-refractivity contribution in [3.63, 3.8) is 0 Å². The maximum atomic E-state index is 12.9. The standard InChI is InChI=1S/C17H21FN4O3/c1-12(16(23)24)11-21(2)17(25)19-9-7-14-8-10-22(20-14)15-5-3-13(18)4-6-15/h3-6,8,10,12H,7,9,11H2,1-2H3,(H,19,25)(H,23,24). The van der Waals surface area contributed by atoms with Crippen LogP contribution in [0.4, 0.5) is 9.18 Å². The fourth-order valence-corrected chi connectivity index (χ4v) is 2.24. The predicted molar refractivity (Wildman–Crippen MR) is 90.1 cm³/mol. The van der Waals surface area contributed by atoms with Gasteiger partial charge in [0.25, 0.3) is 0 Å². The van der Waals surface area contributed by atoms with E-state index in [1.54, 1.807) is 37.0 Å². The minimum absolute atomic E-state index is 0.139. The molecule has 2 rings (SSSR count). The highest BCUT2D eigenvalue weighted by atomic mass is 19.1. The third-order valence-corrected chi connectivity index (χ3v) is 3.71. The molecule has 0 saturated carbocycles. The molecule has 8 heteroatoms. The molecule has 2 amide bonds. The van der Waals surface area contributed by atoms with Crippen molar-refractivity contribution in [1.82, 2.24) is 20.0 Å². The van der Waals surface area contributed by atoms with Crippen LogP contribution in [0.15, 0.2) is 36.5 Å². The molecule has 0 spiro atoms. The number of carboxylic acids is 1. The molecule has 0 aliphatic rings. The first kappa shape index (κ1) is 18.4. The second kappa shape index (κ2) is 8.27. The van der Waals surface area contributed by atoms with Gasteiger partial charge in [-0.05, 0) is 30.3 Å². The number of aliphatic carboxylic acids is 1. The number of carbonyl (C=O) groups excluding carboxylic acids is 1. The van der Waals surface area contributed by atoms with Crippen molar-refractivity contribution < 1.29 is 19.1 Å². The van der Waals surface area contributed by atoms with Crippen LogP contribution in [0.3, 0.4) is 0 Å². The van der Waals surface area contributed by atoms with Gasteiger partial charge in [-0.2, -0.15) is 5.10 Å². The second-order valence-corrected chi connectivity index (χ2v) is 5.83. The SMILES string of the molecule is CC(CN(C)C(=O)NCCc1ccn(-c2ccc(F)cc2)n1)C(=O)O.